The average molecular weight is 272 g/mol. The van der Waals surface area contributed by atoms with Crippen molar-refractivity contribution in [3.05, 3.63) is 10.4 Å². The lowest BCUT2D eigenvalue weighted by atomic mass is 9.89. The Hall–Kier alpha value is -1.49. The van der Waals surface area contributed by atoms with Gasteiger partial charge in [-0.3, -0.25) is 0 Å². The van der Waals surface area contributed by atoms with Crippen molar-refractivity contribution in [3.8, 4) is 0 Å². The smallest absolute Gasteiger partial charge is 0.410 e. The number of amides is 1. The number of carbonyl (C=O) groups excluding carboxylic acids is 1. The summed E-state index contributed by atoms with van der Waals surface area (Å²) >= 11 is 0. The van der Waals surface area contributed by atoms with Crippen LogP contribution in [0, 0.1) is 5.92 Å². The molecule has 0 N–H and O–H groups in total. The van der Waals surface area contributed by atoms with Crippen LogP contribution in [0.2, 0.25) is 0 Å². The molecule has 19 heavy (non-hydrogen) atoms. The van der Waals surface area contributed by atoms with Crippen LogP contribution < -0.4 is 0 Å². The van der Waals surface area contributed by atoms with E-state index in [2.05, 4.69) is 10.0 Å². The van der Waals surface area contributed by atoms with E-state index in [0.29, 0.717) is 13.0 Å². The van der Waals surface area contributed by atoms with E-state index in [1.54, 1.807) is 27.7 Å². The lowest BCUT2D eigenvalue weighted by molar-refractivity contribution is 0.00349. The second-order valence-corrected chi connectivity index (χ2v) is 5.84. The molecule has 1 heterocycles. The van der Waals surface area contributed by atoms with Gasteiger partial charge in [0, 0.05) is 23.4 Å². The van der Waals surface area contributed by atoms with Crippen molar-refractivity contribution < 1.29 is 13.9 Å². The summed E-state index contributed by atoms with van der Waals surface area (Å²) in [5.41, 5.74) is 7.79. The van der Waals surface area contributed by atoms with E-state index < -0.39 is 23.9 Å². The number of hydrogen-bond donors (Lipinski definition) is 0. The van der Waals surface area contributed by atoms with Crippen LogP contribution in [-0.2, 0) is 4.74 Å². The number of nitrogens with zero attached hydrogens (tertiary/aromatic N) is 4. The highest BCUT2D eigenvalue weighted by Crippen LogP contribution is 2.26. The Bertz CT molecular complexity index is 376. The summed E-state index contributed by atoms with van der Waals surface area (Å²) in [5, 5.41) is 3.53. The molecule has 0 radical (unpaired) electrons. The summed E-state index contributed by atoms with van der Waals surface area (Å²) in [6.45, 7) is 7.42. The third-order valence-corrected chi connectivity index (χ3v) is 3.10. The highest BCUT2D eigenvalue weighted by Gasteiger charge is 2.35. The normalized spacial score (nSPS) is 25.4. The number of likely N-dealkylation sites (tertiary alicyclic amines) is 1. The minimum Gasteiger partial charge on any atom is -0.444 e. The number of piperidine rings is 1. The van der Waals surface area contributed by atoms with Crippen LogP contribution in [0.15, 0.2) is 5.11 Å². The first-order valence-electron chi connectivity index (χ1n) is 6.41. The van der Waals surface area contributed by atoms with Crippen molar-refractivity contribution in [2.24, 2.45) is 11.0 Å². The summed E-state index contributed by atoms with van der Waals surface area (Å²) in [7, 11) is 0. The molecule has 1 fully saturated rings. The highest BCUT2D eigenvalue weighted by molar-refractivity contribution is 5.68. The zero-order chi connectivity index (χ0) is 14.6. The topological polar surface area (TPSA) is 78.3 Å². The van der Waals surface area contributed by atoms with Crippen LogP contribution in [0.4, 0.5) is 9.18 Å². The van der Waals surface area contributed by atoms with Crippen molar-refractivity contribution in [1.82, 2.24) is 4.90 Å². The molecule has 0 aliphatic carbocycles. The number of ether oxygens (including phenoxy) is 1. The quantitative estimate of drug-likeness (QED) is 0.439. The van der Waals surface area contributed by atoms with Gasteiger partial charge in [-0.2, -0.15) is 0 Å². The second kappa shape index (κ2) is 6.10. The third-order valence-electron chi connectivity index (χ3n) is 3.10. The maximum absolute atomic E-state index is 14.0. The molecule has 1 amide bonds. The summed E-state index contributed by atoms with van der Waals surface area (Å²) in [6, 6.07) is -0.402. The number of hydrogen-bond acceptors (Lipinski definition) is 3. The predicted molar refractivity (Wildman–Crippen MR) is 69.4 cm³/mol. The van der Waals surface area contributed by atoms with Crippen LogP contribution >= 0.6 is 0 Å². The fourth-order valence-electron chi connectivity index (χ4n) is 2.13. The summed E-state index contributed by atoms with van der Waals surface area (Å²) in [5.74, 6) is -0.338. The molecule has 3 atom stereocenters. The molecule has 108 valence electrons. The predicted octanol–water partition coefficient (Wildman–Crippen LogP) is 3.28. The van der Waals surface area contributed by atoms with Crippen LogP contribution in [0.1, 0.15) is 34.1 Å². The van der Waals surface area contributed by atoms with Crippen LogP contribution in [-0.4, -0.2) is 41.9 Å². The number of halogens is 1. The molecule has 0 spiro atoms. The largest absolute Gasteiger partial charge is 0.444 e. The molecule has 1 saturated heterocycles. The molecular weight excluding hydrogens is 251 g/mol. The average Bonchev–Trinajstić information content (AvgIpc) is 2.26. The van der Waals surface area contributed by atoms with Gasteiger partial charge in [-0.25, -0.2) is 9.18 Å². The van der Waals surface area contributed by atoms with E-state index in [9.17, 15) is 9.18 Å². The Morgan fingerprint density at radius 2 is 2.21 bits per heavy atom. The monoisotopic (exact) mass is 272 g/mol. The van der Waals surface area contributed by atoms with Gasteiger partial charge in [0.25, 0.3) is 0 Å². The van der Waals surface area contributed by atoms with Crippen LogP contribution in [0.3, 0.4) is 0 Å². The summed E-state index contributed by atoms with van der Waals surface area (Å²) in [4.78, 5) is 15.9. The summed E-state index contributed by atoms with van der Waals surface area (Å²) < 4.78 is 19.2. The first-order valence-corrected chi connectivity index (χ1v) is 6.41. The van der Waals surface area contributed by atoms with Crippen molar-refractivity contribution in [1.29, 1.82) is 0 Å². The van der Waals surface area contributed by atoms with Crippen molar-refractivity contribution in [2.75, 3.05) is 13.1 Å². The van der Waals surface area contributed by atoms with Gasteiger partial charge in [0.15, 0.2) is 0 Å². The van der Waals surface area contributed by atoms with Gasteiger partial charge < -0.3 is 9.64 Å². The molecular formula is C12H21FN4O2. The van der Waals surface area contributed by atoms with Crippen LogP contribution in [0.5, 0.6) is 0 Å². The van der Waals surface area contributed by atoms with Gasteiger partial charge in [-0.15, -0.1) is 0 Å². The van der Waals surface area contributed by atoms with Crippen molar-refractivity contribution in [3.63, 3.8) is 0 Å². The third kappa shape index (κ3) is 4.59. The Kier molecular flexibility index (Phi) is 5.00. The number of carbonyl (C=O) groups is 1. The Balaban J connectivity index is 2.58. The molecule has 0 aromatic rings. The molecule has 6 nitrogen and oxygen atoms in total. The first kappa shape index (κ1) is 15.6. The standard InChI is InChI=1S/C12H21FN4O2/c1-8(15-16-14)9-5-6-17(7-10(9)13)11(18)19-12(2,3)4/h8-10H,5-7H2,1-4H3. The van der Waals surface area contributed by atoms with Gasteiger partial charge in [0.2, 0.25) is 0 Å². The fourth-order valence-corrected chi connectivity index (χ4v) is 2.13. The Labute approximate surface area is 112 Å². The molecule has 1 aliphatic heterocycles. The maximum atomic E-state index is 14.0. The number of azide groups is 1. The SMILES string of the molecule is CC(N=[N+]=[N-])C1CCN(C(=O)OC(C)(C)C)CC1F. The van der Waals surface area contributed by atoms with E-state index in [1.165, 1.54) is 4.90 Å². The van der Waals surface area contributed by atoms with Gasteiger partial charge in [-0.1, -0.05) is 12.0 Å². The van der Waals surface area contributed by atoms with Gasteiger partial charge in [0.1, 0.15) is 11.8 Å². The molecule has 1 aliphatic rings. The van der Waals surface area contributed by atoms with E-state index in [0.717, 1.165) is 0 Å². The summed E-state index contributed by atoms with van der Waals surface area (Å²) in [6.07, 6.45) is -1.22. The van der Waals surface area contributed by atoms with Crippen LogP contribution in [0.25, 0.3) is 10.4 Å². The maximum Gasteiger partial charge on any atom is 0.410 e. The zero-order valence-corrected chi connectivity index (χ0v) is 11.8. The van der Waals surface area contributed by atoms with E-state index in [1.807, 2.05) is 0 Å². The molecule has 7 heteroatoms. The Morgan fingerprint density at radius 1 is 1.58 bits per heavy atom. The second-order valence-electron chi connectivity index (χ2n) is 5.84. The fraction of sp³-hybridized carbons (Fsp3) is 0.917. The number of rotatable bonds is 2. The van der Waals surface area contributed by atoms with Gasteiger partial charge in [0.05, 0.1) is 6.54 Å². The van der Waals surface area contributed by atoms with Gasteiger partial charge in [-0.05, 0) is 32.7 Å². The molecule has 1 rings (SSSR count). The number of alkyl halides is 1. The van der Waals surface area contributed by atoms with E-state index >= 15 is 0 Å². The minimum absolute atomic E-state index is 0.00906. The zero-order valence-electron chi connectivity index (χ0n) is 11.8. The molecule has 0 aromatic carbocycles. The van der Waals surface area contributed by atoms with Gasteiger partial charge >= 0.3 is 6.09 Å². The van der Waals surface area contributed by atoms with E-state index in [-0.39, 0.29) is 12.5 Å². The first-order chi connectivity index (χ1) is 8.74. The minimum atomic E-state index is -1.19. The molecule has 0 saturated carbocycles. The van der Waals surface area contributed by atoms with Crippen molar-refractivity contribution >= 4 is 6.09 Å². The molecule has 0 bridgehead atoms. The highest BCUT2D eigenvalue weighted by atomic mass is 19.1. The lowest BCUT2D eigenvalue weighted by Crippen LogP contribution is -2.48. The Morgan fingerprint density at radius 3 is 2.68 bits per heavy atom. The molecule has 3 unspecified atom stereocenters. The van der Waals surface area contributed by atoms with E-state index in [4.69, 9.17) is 10.3 Å². The lowest BCUT2D eigenvalue weighted by Gasteiger charge is -2.36. The molecule has 0 aromatic heterocycles. The van der Waals surface area contributed by atoms with Crippen molar-refractivity contribution in [2.45, 2.75) is 51.9 Å².